The average Bonchev–Trinajstić information content (AvgIpc) is 2.00. The van der Waals surface area contributed by atoms with Crippen LogP contribution in [0, 0.1) is 5.92 Å². The maximum absolute atomic E-state index is 11.1. The molecule has 16 heavy (non-hydrogen) atoms. The lowest BCUT2D eigenvalue weighted by Crippen LogP contribution is -2.28. The van der Waals surface area contributed by atoms with Crippen LogP contribution in [0.2, 0.25) is 0 Å². The van der Waals surface area contributed by atoms with Gasteiger partial charge in [0.15, 0.2) is 0 Å². The van der Waals surface area contributed by atoms with Gasteiger partial charge in [0, 0.05) is 0 Å². The molecular formula is C13H28O3. The number of ether oxygens (including phenoxy) is 2. The van der Waals surface area contributed by atoms with Gasteiger partial charge in [-0.15, -0.1) is 0 Å². The van der Waals surface area contributed by atoms with E-state index in [4.69, 9.17) is 9.47 Å². The van der Waals surface area contributed by atoms with Crippen molar-refractivity contribution < 1.29 is 14.3 Å². The molecule has 0 saturated carbocycles. The van der Waals surface area contributed by atoms with Gasteiger partial charge in [-0.1, -0.05) is 34.1 Å². The molecule has 0 aromatic heterocycles. The Morgan fingerprint density at radius 2 is 1.50 bits per heavy atom. The van der Waals surface area contributed by atoms with Crippen molar-refractivity contribution in [1.29, 1.82) is 0 Å². The maximum Gasteiger partial charge on any atom is 0.509 e. The molecule has 0 aliphatic rings. The third-order valence-corrected chi connectivity index (χ3v) is 1.61. The molecule has 0 rings (SSSR count). The Balaban J connectivity index is 0. The Kier molecular flexibility index (Phi) is 9.30. The predicted octanol–water partition coefficient (Wildman–Crippen LogP) is 4.40. The topological polar surface area (TPSA) is 35.5 Å². The van der Waals surface area contributed by atoms with Crippen molar-refractivity contribution in [1.82, 2.24) is 0 Å². The highest BCUT2D eigenvalue weighted by atomic mass is 16.7. The van der Waals surface area contributed by atoms with Gasteiger partial charge in [-0.25, -0.2) is 4.79 Å². The molecule has 3 nitrogen and oxygen atoms in total. The van der Waals surface area contributed by atoms with Gasteiger partial charge in [0.2, 0.25) is 0 Å². The molecule has 0 radical (unpaired) electrons. The van der Waals surface area contributed by atoms with Crippen LogP contribution in [0.15, 0.2) is 0 Å². The summed E-state index contributed by atoms with van der Waals surface area (Å²) in [5, 5.41) is 0. The van der Waals surface area contributed by atoms with Gasteiger partial charge in [0.1, 0.15) is 11.7 Å². The largest absolute Gasteiger partial charge is 0.509 e. The summed E-state index contributed by atoms with van der Waals surface area (Å²) in [4.78, 5) is 11.1. The quantitative estimate of drug-likeness (QED) is 0.662. The monoisotopic (exact) mass is 232 g/mol. The summed E-state index contributed by atoms with van der Waals surface area (Å²) in [5.74, 6) is 0.313. The Morgan fingerprint density at radius 1 is 1.12 bits per heavy atom. The molecule has 0 fully saturated rings. The van der Waals surface area contributed by atoms with E-state index in [2.05, 4.69) is 13.8 Å². The van der Waals surface area contributed by atoms with E-state index in [9.17, 15) is 4.79 Å². The standard InChI is InChI=1S/C10H20O3.C3H8/c1-7(2)8(3)12-9(11)13-10(4,5)6;1-3-2/h7-8H,1-6H3;3H2,1-2H3. The molecular weight excluding hydrogens is 204 g/mol. The first-order chi connectivity index (χ1) is 7.14. The number of hydrogen-bond donors (Lipinski definition) is 0. The van der Waals surface area contributed by atoms with Crippen LogP contribution in [0.5, 0.6) is 0 Å². The fourth-order valence-corrected chi connectivity index (χ4v) is 0.562. The predicted molar refractivity (Wildman–Crippen MR) is 67.6 cm³/mol. The lowest BCUT2D eigenvalue weighted by molar-refractivity contribution is -0.0317. The fraction of sp³-hybridized carbons (Fsp3) is 0.923. The lowest BCUT2D eigenvalue weighted by atomic mass is 10.1. The first-order valence-electron chi connectivity index (χ1n) is 6.03. The van der Waals surface area contributed by atoms with Gasteiger partial charge >= 0.3 is 6.16 Å². The van der Waals surface area contributed by atoms with Gasteiger partial charge < -0.3 is 9.47 Å². The second-order valence-electron chi connectivity index (χ2n) is 5.24. The van der Waals surface area contributed by atoms with Gasteiger partial charge in [-0.3, -0.25) is 0 Å². The molecule has 1 atom stereocenters. The molecule has 0 aliphatic heterocycles. The normalized spacial score (nSPS) is 12.6. The zero-order valence-electron chi connectivity index (χ0n) is 12.1. The molecule has 0 N–H and O–H groups in total. The Labute approximate surface area is 101 Å². The van der Waals surface area contributed by atoms with E-state index in [1.807, 2.05) is 41.5 Å². The van der Waals surface area contributed by atoms with Crippen molar-refractivity contribution in [3.05, 3.63) is 0 Å². The van der Waals surface area contributed by atoms with E-state index in [1.165, 1.54) is 6.42 Å². The second kappa shape index (κ2) is 8.43. The molecule has 0 spiro atoms. The van der Waals surface area contributed by atoms with Crippen LogP contribution in [0.25, 0.3) is 0 Å². The molecule has 0 aromatic carbocycles. The summed E-state index contributed by atoms with van der Waals surface area (Å²) in [7, 11) is 0. The molecule has 0 amide bonds. The van der Waals surface area contributed by atoms with Crippen LogP contribution in [-0.2, 0) is 9.47 Å². The highest BCUT2D eigenvalue weighted by molar-refractivity contribution is 5.60. The number of rotatable bonds is 2. The number of carbonyl (C=O) groups is 1. The van der Waals surface area contributed by atoms with Crippen molar-refractivity contribution in [2.75, 3.05) is 0 Å². The second-order valence-corrected chi connectivity index (χ2v) is 5.24. The summed E-state index contributed by atoms with van der Waals surface area (Å²) < 4.78 is 10.0. The smallest absolute Gasteiger partial charge is 0.431 e. The Morgan fingerprint density at radius 3 is 1.75 bits per heavy atom. The minimum Gasteiger partial charge on any atom is -0.431 e. The molecule has 0 aliphatic carbocycles. The highest BCUT2D eigenvalue weighted by Crippen LogP contribution is 2.11. The van der Waals surface area contributed by atoms with E-state index in [0.717, 1.165) is 0 Å². The van der Waals surface area contributed by atoms with Crippen molar-refractivity contribution in [2.45, 2.75) is 73.5 Å². The minimum atomic E-state index is -0.589. The summed E-state index contributed by atoms with van der Waals surface area (Å²) in [6.07, 6.45) is 0.559. The number of hydrogen-bond acceptors (Lipinski definition) is 3. The SMILES string of the molecule is CC(C)C(C)OC(=O)OC(C)(C)C.CCC. The van der Waals surface area contributed by atoms with Gasteiger partial charge in [-0.2, -0.15) is 0 Å². The molecule has 1 unspecified atom stereocenters. The zero-order chi connectivity index (χ0) is 13.4. The first kappa shape index (κ1) is 17.7. The third kappa shape index (κ3) is 13.3. The third-order valence-electron chi connectivity index (χ3n) is 1.61. The first-order valence-corrected chi connectivity index (χ1v) is 6.03. The van der Waals surface area contributed by atoms with Crippen molar-refractivity contribution in [3.8, 4) is 0 Å². The summed E-state index contributed by atoms with van der Waals surface area (Å²) in [5.41, 5.74) is -0.478. The Hall–Kier alpha value is -0.730. The van der Waals surface area contributed by atoms with E-state index in [-0.39, 0.29) is 6.10 Å². The van der Waals surface area contributed by atoms with Crippen LogP contribution >= 0.6 is 0 Å². The van der Waals surface area contributed by atoms with Crippen molar-refractivity contribution in [3.63, 3.8) is 0 Å². The molecule has 98 valence electrons. The minimum absolute atomic E-state index is 0.102. The van der Waals surface area contributed by atoms with E-state index in [1.54, 1.807) is 0 Å². The van der Waals surface area contributed by atoms with Crippen LogP contribution in [-0.4, -0.2) is 17.9 Å². The maximum atomic E-state index is 11.1. The van der Waals surface area contributed by atoms with Crippen molar-refractivity contribution >= 4 is 6.16 Å². The fourth-order valence-electron chi connectivity index (χ4n) is 0.562. The molecule has 0 bridgehead atoms. The lowest BCUT2D eigenvalue weighted by Gasteiger charge is -2.22. The average molecular weight is 232 g/mol. The number of carbonyl (C=O) groups excluding carboxylic acids is 1. The highest BCUT2D eigenvalue weighted by Gasteiger charge is 2.20. The van der Waals surface area contributed by atoms with Gasteiger partial charge in [0.05, 0.1) is 0 Å². The summed E-state index contributed by atoms with van der Waals surface area (Å²) >= 11 is 0. The van der Waals surface area contributed by atoms with Gasteiger partial charge in [-0.05, 0) is 33.6 Å². The van der Waals surface area contributed by atoms with E-state index in [0.29, 0.717) is 5.92 Å². The molecule has 3 heteroatoms. The van der Waals surface area contributed by atoms with Crippen LogP contribution in [0.4, 0.5) is 4.79 Å². The van der Waals surface area contributed by atoms with E-state index >= 15 is 0 Å². The van der Waals surface area contributed by atoms with Crippen LogP contribution in [0.1, 0.15) is 61.8 Å². The molecule has 0 heterocycles. The Bertz CT molecular complexity index is 180. The zero-order valence-corrected chi connectivity index (χ0v) is 12.1. The van der Waals surface area contributed by atoms with Gasteiger partial charge in [0.25, 0.3) is 0 Å². The van der Waals surface area contributed by atoms with Crippen LogP contribution < -0.4 is 0 Å². The summed E-state index contributed by atoms with van der Waals surface area (Å²) in [6.45, 7) is 15.5. The molecule has 0 saturated heterocycles. The van der Waals surface area contributed by atoms with Crippen LogP contribution in [0.3, 0.4) is 0 Å². The summed E-state index contributed by atoms with van der Waals surface area (Å²) in [6, 6.07) is 0. The van der Waals surface area contributed by atoms with E-state index < -0.39 is 11.8 Å². The van der Waals surface area contributed by atoms with Crippen molar-refractivity contribution in [2.24, 2.45) is 5.92 Å². The molecule has 0 aromatic rings.